The molecule has 4 rings (SSSR count). The van der Waals surface area contributed by atoms with Gasteiger partial charge in [-0.25, -0.2) is 10.4 Å². The molecule has 1 aliphatic heterocycles. The fourth-order valence-electron chi connectivity index (χ4n) is 3.66. The Hall–Kier alpha value is -1.85. The van der Waals surface area contributed by atoms with Crippen molar-refractivity contribution in [1.29, 1.82) is 0 Å². The van der Waals surface area contributed by atoms with Gasteiger partial charge in [-0.2, -0.15) is 13.2 Å². The van der Waals surface area contributed by atoms with E-state index < -0.39 is 11.8 Å². The zero-order valence-electron chi connectivity index (χ0n) is 12.5. The molecule has 0 spiro atoms. The molecule has 2 aliphatic rings. The SMILES string of the molecule is FC(F)(F)C1(c2ccccc2)NN1C1CCc2ccccc2C1. The molecule has 2 nitrogen and oxygen atoms in total. The fourth-order valence-corrected chi connectivity index (χ4v) is 3.66. The van der Waals surface area contributed by atoms with Crippen molar-refractivity contribution < 1.29 is 13.2 Å². The van der Waals surface area contributed by atoms with E-state index in [0.29, 0.717) is 6.42 Å². The monoisotopic (exact) mass is 318 g/mol. The maximum Gasteiger partial charge on any atom is 0.426 e. The van der Waals surface area contributed by atoms with Crippen molar-refractivity contribution >= 4 is 0 Å². The van der Waals surface area contributed by atoms with E-state index in [2.05, 4.69) is 11.5 Å². The second-order valence-corrected chi connectivity index (χ2v) is 6.22. The minimum absolute atomic E-state index is 0.147. The van der Waals surface area contributed by atoms with Crippen LogP contribution in [0.2, 0.25) is 0 Å². The molecule has 23 heavy (non-hydrogen) atoms. The van der Waals surface area contributed by atoms with E-state index in [1.807, 2.05) is 18.2 Å². The zero-order chi connectivity index (χ0) is 16.1. The Kier molecular flexibility index (Phi) is 3.25. The molecule has 0 bridgehead atoms. The van der Waals surface area contributed by atoms with Gasteiger partial charge in [-0.15, -0.1) is 0 Å². The number of hydrogen-bond acceptors (Lipinski definition) is 2. The molecule has 1 fully saturated rings. The quantitative estimate of drug-likeness (QED) is 0.853. The Balaban J connectivity index is 1.64. The highest BCUT2D eigenvalue weighted by molar-refractivity contribution is 5.34. The van der Waals surface area contributed by atoms with Gasteiger partial charge in [0.05, 0.1) is 0 Å². The van der Waals surface area contributed by atoms with Crippen molar-refractivity contribution in [3.63, 3.8) is 0 Å². The lowest BCUT2D eigenvalue weighted by atomic mass is 9.87. The van der Waals surface area contributed by atoms with Crippen molar-refractivity contribution in [3.8, 4) is 0 Å². The summed E-state index contributed by atoms with van der Waals surface area (Å²) in [6.07, 6.45) is -2.16. The third kappa shape index (κ3) is 2.26. The van der Waals surface area contributed by atoms with Crippen LogP contribution in [0.15, 0.2) is 54.6 Å². The highest BCUT2D eigenvalue weighted by Gasteiger charge is 2.72. The lowest BCUT2D eigenvalue weighted by Crippen LogP contribution is -2.39. The van der Waals surface area contributed by atoms with Gasteiger partial charge in [0, 0.05) is 6.04 Å². The number of hydrazine groups is 1. The largest absolute Gasteiger partial charge is 0.426 e. The molecule has 5 heteroatoms. The molecule has 120 valence electrons. The first-order chi connectivity index (χ1) is 11.0. The van der Waals surface area contributed by atoms with Gasteiger partial charge in [0.25, 0.3) is 0 Å². The molecule has 0 saturated carbocycles. The number of fused-ring (bicyclic) bond motifs is 1. The van der Waals surface area contributed by atoms with Crippen LogP contribution in [-0.2, 0) is 18.5 Å². The lowest BCUT2D eigenvalue weighted by molar-refractivity contribution is -0.178. The van der Waals surface area contributed by atoms with Crippen LogP contribution < -0.4 is 5.43 Å². The molecule has 3 atom stereocenters. The van der Waals surface area contributed by atoms with E-state index in [0.717, 1.165) is 18.4 Å². The molecule has 1 saturated heterocycles. The molecule has 0 amide bonds. The van der Waals surface area contributed by atoms with Gasteiger partial charge in [0.1, 0.15) is 0 Å². The molecule has 0 aromatic heterocycles. The number of benzene rings is 2. The molecule has 1 heterocycles. The summed E-state index contributed by atoms with van der Waals surface area (Å²) in [6.45, 7) is 0. The average Bonchev–Trinajstić information content (AvgIpc) is 3.32. The maximum atomic E-state index is 13.8. The first-order valence-electron chi connectivity index (χ1n) is 7.78. The van der Waals surface area contributed by atoms with Crippen molar-refractivity contribution in [2.45, 2.75) is 37.1 Å². The van der Waals surface area contributed by atoms with Crippen LogP contribution in [-0.4, -0.2) is 17.2 Å². The Morgan fingerprint density at radius 3 is 2.30 bits per heavy atom. The predicted octanol–water partition coefficient (Wildman–Crippen LogP) is 3.78. The standard InChI is InChI=1S/C18H17F3N2/c19-18(20,21)17(15-8-2-1-3-9-15)22-23(17)16-11-10-13-6-4-5-7-14(13)12-16/h1-9,16,22H,10-12H2. The minimum atomic E-state index is -4.36. The normalized spacial score (nSPS) is 29.9. The van der Waals surface area contributed by atoms with Crippen LogP contribution in [0.25, 0.3) is 0 Å². The fraction of sp³-hybridized carbons (Fsp3) is 0.333. The Bertz CT molecular complexity index is 714. The van der Waals surface area contributed by atoms with Gasteiger partial charge < -0.3 is 0 Å². The third-order valence-electron chi connectivity index (χ3n) is 4.88. The van der Waals surface area contributed by atoms with Crippen LogP contribution in [0.5, 0.6) is 0 Å². The summed E-state index contributed by atoms with van der Waals surface area (Å²) in [6, 6.07) is 16.0. The summed E-state index contributed by atoms with van der Waals surface area (Å²) < 4.78 is 41.3. The summed E-state index contributed by atoms with van der Waals surface area (Å²) in [5.74, 6) is 0. The molecule has 2 aromatic rings. The average molecular weight is 318 g/mol. The second kappa shape index (κ2) is 5.08. The van der Waals surface area contributed by atoms with Crippen LogP contribution in [0.1, 0.15) is 23.1 Å². The first-order valence-corrected chi connectivity index (χ1v) is 7.78. The van der Waals surface area contributed by atoms with E-state index in [1.165, 1.54) is 22.7 Å². The summed E-state index contributed by atoms with van der Waals surface area (Å²) in [5.41, 5.74) is 3.27. The maximum absolute atomic E-state index is 13.8. The zero-order valence-corrected chi connectivity index (χ0v) is 12.5. The Morgan fingerprint density at radius 2 is 1.61 bits per heavy atom. The molecule has 1 N–H and O–H groups in total. The van der Waals surface area contributed by atoms with Crippen molar-refractivity contribution in [3.05, 3.63) is 71.3 Å². The van der Waals surface area contributed by atoms with Gasteiger partial charge in [0.15, 0.2) is 0 Å². The third-order valence-corrected chi connectivity index (χ3v) is 4.88. The van der Waals surface area contributed by atoms with Gasteiger partial charge in [-0.05, 0) is 36.0 Å². The number of nitrogens with zero attached hydrogens (tertiary/aromatic N) is 1. The summed E-state index contributed by atoms with van der Waals surface area (Å²) in [5, 5.41) is 1.40. The number of aryl methyl sites for hydroxylation is 1. The summed E-state index contributed by atoms with van der Waals surface area (Å²) >= 11 is 0. The summed E-state index contributed by atoms with van der Waals surface area (Å²) in [4.78, 5) is 0. The van der Waals surface area contributed by atoms with E-state index in [1.54, 1.807) is 18.2 Å². The minimum Gasteiger partial charge on any atom is -0.219 e. The van der Waals surface area contributed by atoms with Gasteiger partial charge in [0.2, 0.25) is 5.66 Å². The number of nitrogens with one attached hydrogen (secondary N) is 1. The number of hydrogen-bond donors (Lipinski definition) is 1. The lowest BCUT2D eigenvalue weighted by Gasteiger charge is -2.28. The van der Waals surface area contributed by atoms with Crippen LogP contribution in [0.4, 0.5) is 13.2 Å². The molecule has 2 aromatic carbocycles. The molecular weight excluding hydrogens is 301 g/mol. The highest BCUT2D eigenvalue weighted by atomic mass is 19.4. The second-order valence-electron chi connectivity index (χ2n) is 6.22. The number of alkyl halides is 3. The van der Waals surface area contributed by atoms with Crippen LogP contribution in [0, 0.1) is 0 Å². The van der Waals surface area contributed by atoms with Crippen LogP contribution in [0.3, 0.4) is 0 Å². The molecular formula is C18H17F3N2. The number of rotatable bonds is 2. The summed E-state index contributed by atoms with van der Waals surface area (Å²) in [7, 11) is 0. The smallest absolute Gasteiger partial charge is 0.219 e. The first kappa shape index (κ1) is 14.7. The van der Waals surface area contributed by atoms with Gasteiger partial charge in [-0.3, -0.25) is 0 Å². The predicted molar refractivity (Wildman–Crippen MR) is 81.4 cm³/mol. The van der Waals surface area contributed by atoms with E-state index in [9.17, 15) is 13.2 Å². The number of halogens is 3. The van der Waals surface area contributed by atoms with E-state index in [-0.39, 0.29) is 11.6 Å². The van der Waals surface area contributed by atoms with Crippen molar-refractivity contribution in [2.75, 3.05) is 0 Å². The highest BCUT2D eigenvalue weighted by Crippen LogP contribution is 2.52. The van der Waals surface area contributed by atoms with Gasteiger partial charge >= 0.3 is 6.18 Å². The molecule has 3 unspecified atom stereocenters. The van der Waals surface area contributed by atoms with E-state index >= 15 is 0 Å². The van der Waals surface area contributed by atoms with E-state index in [4.69, 9.17) is 0 Å². The topological polar surface area (TPSA) is 25.0 Å². The Labute approximate surface area is 132 Å². The molecule has 0 radical (unpaired) electrons. The molecule has 1 aliphatic carbocycles. The van der Waals surface area contributed by atoms with Crippen LogP contribution >= 0.6 is 0 Å². The van der Waals surface area contributed by atoms with Crippen molar-refractivity contribution in [2.24, 2.45) is 0 Å². The van der Waals surface area contributed by atoms with Gasteiger partial charge in [-0.1, -0.05) is 54.6 Å². The van der Waals surface area contributed by atoms with Crippen molar-refractivity contribution in [1.82, 2.24) is 10.4 Å². The Morgan fingerprint density at radius 1 is 0.957 bits per heavy atom.